The van der Waals surface area contributed by atoms with Gasteiger partial charge >= 0.3 is 12.6 Å². The average Bonchev–Trinajstić information content (AvgIpc) is 3.16. The zero-order valence-corrected chi connectivity index (χ0v) is 11.7. The van der Waals surface area contributed by atoms with Gasteiger partial charge in [0.25, 0.3) is 0 Å². The van der Waals surface area contributed by atoms with Crippen molar-refractivity contribution in [1.82, 2.24) is 19.7 Å². The standard InChI is InChI=1S/C14H11F3N4O2/c15-10-3-1-9(2-4-10)7-11-19-14(23-20-11)22-8-12-18-5-6-21(12)13(16)17/h1-6,13H,7-8H2. The fourth-order valence-corrected chi connectivity index (χ4v) is 1.91. The Labute approximate surface area is 128 Å². The number of imidazole rings is 1. The molecule has 0 saturated carbocycles. The first-order valence-corrected chi connectivity index (χ1v) is 6.61. The van der Waals surface area contributed by atoms with Crippen molar-refractivity contribution in [2.45, 2.75) is 19.6 Å². The van der Waals surface area contributed by atoms with E-state index in [1.165, 1.54) is 18.3 Å². The molecular weight excluding hydrogens is 313 g/mol. The van der Waals surface area contributed by atoms with Gasteiger partial charge in [0, 0.05) is 18.8 Å². The molecule has 1 aromatic carbocycles. The minimum Gasteiger partial charge on any atom is -0.441 e. The third-order valence-electron chi connectivity index (χ3n) is 3.01. The first-order valence-electron chi connectivity index (χ1n) is 6.61. The Hall–Kier alpha value is -2.84. The van der Waals surface area contributed by atoms with E-state index < -0.39 is 6.55 Å². The summed E-state index contributed by atoms with van der Waals surface area (Å²) in [5, 5.41) is 3.71. The molecule has 0 fully saturated rings. The Morgan fingerprint density at radius 1 is 1.22 bits per heavy atom. The highest BCUT2D eigenvalue weighted by Crippen LogP contribution is 2.16. The first kappa shape index (κ1) is 15.1. The molecule has 0 atom stereocenters. The third-order valence-corrected chi connectivity index (χ3v) is 3.01. The lowest BCUT2D eigenvalue weighted by atomic mass is 10.1. The van der Waals surface area contributed by atoms with Crippen molar-refractivity contribution >= 4 is 0 Å². The Morgan fingerprint density at radius 2 is 2.00 bits per heavy atom. The molecule has 0 bridgehead atoms. The van der Waals surface area contributed by atoms with Gasteiger partial charge in [0.1, 0.15) is 5.82 Å². The molecule has 0 saturated heterocycles. The molecule has 120 valence electrons. The summed E-state index contributed by atoms with van der Waals surface area (Å²) in [6, 6.07) is 5.87. The fourth-order valence-electron chi connectivity index (χ4n) is 1.91. The van der Waals surface area contributed by atoms with E-state index in [2.05, 4.69) is 15.1 Å². The molecule has 2 heterocycles. The quantitative estimate of drug-likeness (QED) is 0.697. The number of ether oxygens (including phenoxy) is 1. The van der Waals surface area contributed by atoms with Gasteiger partial charge in [0.15, 0.2) is 18.3 Å². The number of hydrogen-bond donors (Lipinski definition) is 0. The van der Waals surface area contributed by atoms with Gasteiger partial charge in [-0.15, -0.1) is 0 Å². The van der Waals surface area contributed by atoms with Crippen molar-refractivity contribution < 1.29 is 22.4 Å². The molecule has 3 rings (SSSR count). The van der Waals surface area contributed by atoms with Crippen molar-refractivity contribution in [3.05, 3.63) is 59.7 Å². The smallest absolute Gasteiger partial charge is 0.417 e. The summed E-state index contributed by atoms with van der Waals surface area (Å²) in [5.74, 6) is 0.0440. The topological polar surface area (TPSA) is 66.0 Å². The Balaban J connectivity index is 1.61. The van der Waals surface area contributed by atoms with Crippen molar-refractivity contribution in [3.63, 3.8) is 0 Å². The SMILES string of the molecule is Fc1ccc(Cc2noc(OCc3nccn3C(F)F)n2)cc1. The van der Waals surface area contributed by atoms with Crippen LogP contribution in [0.1, 0.15) is 23.8 Å². The Bertz CT molecular complexity index is 770. The van der Waals surface area contributed by atoms with Gasteiger partial charge in [-0.3, -0.25) is 9.09 Å². The second-order valence-corrected chi connectivity index (χ2v) is 4.60. The number of hydrogen-bond acceptors (Lipinski definition) is 5. The van der Waals surface area contributed by atoms with E-state index in [1.54, 1.807) is 12.1 Å². The normalized spacial score (nSPS) is 11.1. The first-order chi connectivity index (χ1) is 11.1. The van der Waals surface area contributed by atoms with E-state index >= 15 is 0 Å². The summed E-state index contributed by atoms with van der Waals surface area (Å²) in [6.45, 7) is -2.93. The van der Waals surface area contributed by atoms with Gasteiger partial charge in [-0.2, -0.15) is 13.8 Å². The van der Waals surface area contributed by atoms with E-state index in [0.29, 0.717) is 16.8 Å². The highest BCUT2D eigenvalue weighted by molar-refractivity contribution is 5.19. The van der Waals surface area contributed by atoms with Crippen LogP contribution in [-0.2, 0) is 13.0 Å². The summed E-state index contributed by atoms with van der Waals surface area (Å²) in [4.78, 5) is 7.75. The molecule has 0 amide bonds. The Morgan fingerprint density at radius 3 is 2.74 bits per heavy atom. The van der Waals surface area contributed by atoms with E-state index in [9.17, 15) is 13.2 Å². The predicted molar refractivity (Wildman–Crippen MR) is 71.3 cm³/mol. The number of nitrogens with zero attached hydrogens (tertiary/aromatic N) is 4. The molecule has 0 aliphatic carbocycles. The predicted octanol–water partition coefficient (Wildman–Crippen LogP) is 2.97. The number of alkyl halides is 2. The van der Waals surface area contributed by atoms with Gasteiger partial charge in [-0.25, -0.2) is 9.37 Å². The van der Waals surface area contributed by atoms with Crippen molar-refractivity contribution in [1.29, 1.82) is 0 Å². The molecule has 3 aromatic rings. The van der Waals surface area contributed by atoms with Crippen molar-refractivity contribution in [3.8, 4) is 6.08 Å². The molecule has 23 heavy (non-hydrogen) atoms. The second kappa shape index (κ2) is 6.51. The number of aromatic nitrogens is 4. The molecule has 9 heteroatoms. The lowest BCUT2D eigenvalue weighted by molar-refractivity contribution is 0.0614. The molecule has 6 nitrogen and oxygen atoms in total. The van der Waals surface area contributed by atoms with E-state index in [4.69, 9.17) is 9.26 Å². The van der Waals surface area contributed by atoms with Gasteiger partial charge in [0.05, 0.1) is 0 Å². The largest absolute Gasteiger partial charge is 0.441 e. The van der Waals surface area contributed by atoms with Gasteiger partial charge in [-0.1, -0.05) is 17.3 Å². The van der Waals surface area contributed by atoms with E-state index in [0.717, 1.165) is 11.8 Å². The minimum absolute atomic E-state index is 0.0401. The van der Waals surface area contributed by atoms with Crippen LogP contribution >= 0.6 is 0 Å². The van der Waals surface area contributed by atoms with Crippen LogP contribution in [0.15, 0.2) is 41.2 Å². The number of halogens is 3. The zero-order chi connectivity index (χ0) is 16.2. The summed E-state index contributed by atoms with van der Waals surface area (Å²) >= 11 is 0. The average molecular weight is 324 g/mol. The molecule has 0 N–H and O–H groups in total. The molecule has 0 aliphatic heterocycles. The van der Waals surface area contributed by atoms with Crippen LogP contribution in [0.4, 0.5) is 13.2 Å². The zero-order valence-electron chi connectivity index (χ0n) is 11.7. The van der Waals surface area contributed by atoms with Gasteiger partial charge in [0.2, 0.25) is 0 Å². The maximum Gasteiger partial charge on any atom is 0.417 e. The maximum atomic E-state index is 12.8. The van der Waals surface area contributed by atoms with E-state index in [-0.39, 0.29) is 24.3 Å². The molecule has 0 unspecified atom stereocenters. The highest BCUT2D eigenvalue weighted by atomic mass is 19.3. The van der Waals surface area contributed by atoms with Crippen LogP contribution in [-0.4, -0.2) is 19.7 Å². The summed E-state index contributed by atoms with van der Waals surface area (Å²) < 4.78 is 48.8. The number of rotatable bonds is 6. The minimum atomic E-state index is -2.70. The molecule has 0 radical (unpaired) electrons. The van der Waals surface area contributed by atoms with Crippen LogP contribution in [0.25, 0.3) is 0 Å². The van der Waals surface area contributed by atoms with Crippen LogP contribution in [0.2, 0.25) is 0 Å². The summed E-state index contributed by atoms with van der Waals surface area (Å²) in [5.41, 5.74) is 0.798. The van der Waals surface area contributed by atoms with Crippen LogP contribution in [0, 0.1) is 5.82 Å². The van der Waals surface area contributed by atoms with E-state index in [1.807, 2.05) is 0 Å². The molecular formula is C14H11F3N4O2. The van der Waals surface area contributed by atoms with Gasteiger partial charge < -0.3 is 4.74 Å². The fraction of sp³-hybridized carbons (Fsp3) is 0.214. The van der Waals surface area contributed by atoms with Crippen molar-refractivity contribution in [2.24, 2.45) is 0 Å². The Kier molecular flexibility index (Phi) is 4.26. The van der Waals surface area contributed by atoms with Crippen LogP contribution in [0.3, 0.4) is 0 Å². The lowest BCUT2D eigenvalue weighted by Gasteiger charge is -2.05. The molecule has 0 aliphatic rings. The monoisotopic (exact) mass is 324 g/mol. The maximum absolute atomic E-state index is 12.8. The molecule has 2 aromatic heterocycles. The second-order valence-electron chi connectivity index (χ2n) is 4.60. The highest BCUT2D eigenvalue weighted by Gasteiger charge is 2.14. The van der Waals surface area contributed by atoms with Crippen LogP contribution in [0.5, 0.6) is 6.08 Å². The lowest BCUT2D eigenvalue weighted by Crippen LogP contribution is -2.07. The van der Waals surface area contributed by atoms with Crippen molar-refractivity contribution in [2.75, 3.05) is 0 Å². The third kappa shape index (κ3) is 3.68. The van der Waals surface area contributed by atoms with Gasteiger partial charge in [-0.05, 0) is 17.7 Å². The molecule has 0 spiro atoms. The summed E-state index contributed by atoms with van der Waals surface area (Å²) in [7, 11) is 0. The number of benzene rings is 1. The van der Waals surface area contributed by atoms with Crippen LogP contribution < -0.4 is 4.74 Å². The summed E-state index contributed by atoms with van der Waals surface area (Å²) in [6.07, 6.45) is 2.58.